The van der Waals surface area contributed by atoms with Crippen molar-refractivity contribution in [1.29, 1.82) is 0 Å². The summed E-state index contributed by atoms with van der Waals surface area (Å²) in [6.45, 7) is 4.23. The van der Waals surface area contributed by atoms with Crippen LogP contribution in [0.25, 0.3) is 0 Å². The van der Waals surface area contributed by atoms with Crippen molar-refractivity contribution in [2.45, 2.75) is 45.6 Å². The molecule has 1 N–H and O–H groups in total. The number of carbonyl (C=O) groups excluding carboxylic acids is 2. The molecule has 5 heteroatoms. The third-order valence-corrected chi connectivity index (χ3v) is 5.16. The Balaban J connectivity index is 1.94. The highest BCUT2D eigenvalue weighted by Gasteiger charge is 2.22. The molecule has 2 aromatic rings. The summed E-state index contributed by atoms with van der Waals surface area (Å²) >= 11 is 0. The van der Waals surface area contributed by atoms with E-state index < -0.39 is 0 Å². The van der Waals surface area contributed by atoms with Crippen LogP contribution in [-0.4, -0.2) is 22.8 Å². The van der Waals surface area contributed by atoms with Gasteiger partial charge in [-0.25, -0.2) is 0 Å². The number of ketones is 1. The molecule has 1 heterocycles. The number of Topliss-reactive ketones (excluding diaryl/α,β-unsaturated/α-hetero) is 1. The van der Waals surface area contributed by atoms with E-state index in [1.165, 1.54) is 23.5 Å². The molecule has 0 saturated heterocycles. The van der Waals surface area contributed by atoms with E-state index in [1.54, 1.807) is 13.1 Å². The third kappa shape index (κ3) is 4.54. The van der Waals surface area contributed by atoms with Gasteiger partial charge in [-0.15, -0.1) is 0 Å². The van der Waals surface area contributed by atoms with E-state index in [2.05, 4.69) is 5.32 Å². The van der Waals surface area contributed by atoms with Crippen LogP contribution in [0.4, 0.5) is 0 Å². The molecule has 3 rings (SSSR count). The molecule has 5 nitrogen and oxygen atoms in total. The maximum Gasteiger partial charge on any atom is 0.262 e. The van der Waals surface area contributed by atoms with Gasteiger partial charge in [-0.2, -0.15) is 0 Å². The number of pyridine rings is 1. The minimum atomic E-state index is -0.354. The van der Waals surface area contributed by atoms with Gasteiger partial charge in [0.2, 0.25) is 0 Å². The van der Waals surface area contributed by atoms with Crippen LogP contribution in [0.5, 0.6) is 0 Å². The molecule has 1 aliphatic rings. The Morgan fingerprint density at radius 3 is 2.56 bits per heavy atom. The van der Waals surface area contributed by atoms with E-state index in [1.807, 2.05) is 37.3 Å². The number of hydrogen-bond donors (Lipinski definition) is 1. The Morgan fingerprint density at radius 2 is 1.93 bits per heavy atom. The van der Waals surface area contributed by atoms with Crippen molar-refractivity contribution in [1.82, 2.24) is 9.88 Å². The number of hydrogen-bond acceptors (Lipinski definition) is 3. The molecule has 27 heavy (non-hydrogen) atoms. The summed E-state index contributed by atoms with van der Waals surface area (Å²) in [5.74, 6) is 0.242. The summed E-state index contributed by atoms with van der Waals surface area (Å²) in [7, 11) is 0. The zero-order chi connectivity index (χ0) is 19.4. The average Bonchev–Trinajstić information content (AvgIpc) is 3.52. The Morgan fingerprint density at radius 1 is 1.22 bits per heavy atom. The van der Waals surface area contributed by atoms with Crippen LogP contribution in [0.15, 0.2) is 47.4 Å². The molecule has 1 amide bonds. The predicted molar refractivity (Wildman–Crippen MR) is 105 cm³/mol. The SMILES string of the molecule is CCC(=O)c1cc(C(=O)NCCC2CC2)cn([C@H](C)c2ccccc2)c1=O. The zero-order valence-electron chi connectivity index (χ0n) is 15.9. The molecule has 0 unspecified atom stereocenters. The van der Waals surface area contributed by atoms with E-state index in [0.717, 1.165) is 17.9 Å². The van der Waals surface area contributed by atoms with Gasteiger partial charge in [-0.05, 0) is 30.9 Å². The largest absolute Gasteiger partial charge is 0.352 e. The number of nitrogens with zero attached hydrogens (tertiary/aromatic N) is 1. The van der Waals surface area contributed by atoms with Crippen molar-refractivity contribution >= 4 is 11.7 Å². The van der Waals surface area contributed by atoms with Crippen molar-refractivity contribution in [3.05, 3.63) is 69.6 Å². The molecule has 0 radical (unpaired) electrons. The maximum absolute atomic E-state index is 12.9. The van der Waals surface area contributed by atoms with E-state index in [9.17, 15) is 14.4 Å². The predicted octanol–water partition coefficient (Wildman–Crippen LogP) is 3.58. The average molecular weight is 366 g/mol. The van der Waals surface area contributed by atoms with Crippen LogP contribution in [0, 0.1) is 5.92 Å². The monoisotopic (exact) mass is 366 g/mol. The number of nitrogens with one attached hydrogen (secondary N) is 1. The molecule has 1 aromatic heterocycles. The van der Waals surface area contributed by atoms with Gasteiger partial charge < -0.3 is 9.88 Å². The Bertz CT molecular complexity index is 882. The van der Waals surface area contributed by atoms with Crippen LogP contribution in [0.1, 0.15) is 71.9 Å². The highest BCUT2D eigenvalue weighted by Crippen LogP contribution is 2.31. The molecular weight excluding hydrogens is 340 g/mol. The van der Waals surface area contributed by atoms with Crippen LogP contribution in [0.2, 0.25) is 0 Å². The molecule has 142 valence electrons. The molecule has 1 fully saturated rings. The summed E-state index contributed by atoms with van der Waals surface area (Å²) in [5.41, 5.74) is 1.02. The number of amides is 1. The number of carbonyl (C=O) groups is 2. The maximum atomic E-state index is 12.9. The van der Waals surface area contributed by atoms with Crippen LogP contribution >= 0.6 is 0 Å². The minimum absolute atomic E-state index is 0.0788. The van der Waals surface area contributed by atoms with Crippen molar-refractivity contribution in [2.75, 3.05) is 6.54 Å². The van der Waals surface area contributed by atoms with Crippen molar-refractivity contribution in [2.24, 2.45) is 5.92 Å². The van der Waals surface area contributed by atoms with Gasteiger partial charge in [0.15, 0.2) is 5.78 Å². The summed E-state index contributed by atoms with van der Waals surface area (Å²) in [6.07, 6.45) is 5.25. The molecule has 1 atom stereocenters. The minimum Gasteiger partial charge on any atom is -0.352 e. The molecule has 1 aliphatic carbocycles. The molecule has 0 aliphatic heterocycles. The fourth-order valence-electron chi connectivity index (χ4n) is 3.19. The van der Waals surface area contributed by atoms with Crippen molar-refractivity contribution in [3.8, 4) is 0 Å². The molecule has 0 spiro atoms. The quantitative estimate of drug-likeness (QED) is 0.726. The van der Waals surface area contributed by atoms with Gasteiger partial charge in [0.05, 0.1) is 17.2 Å². The van der Waals surface area contributed by atoms with Gasteiger partial charge in [0, 0.05) is 19.2 Å². The normalized spacial score (nSPS) is 14.6. The summed E-state index contributed by atoms with van der Waals surface area (Å²) in [4.78, 5) is 37.8. The van der Waals surface area contributed by atoms with Crippen LogP contribution < -0.4 is 10.9 Å². The fourth-order valence-corrected chi connectivity index (χ4v) is 3.19. The first-order valence-corrected chi connectivity index (χ1v) is 9.63. The first-order chi connectivity index (χ1) is 13.0. The highest BCUT2D eigenvalue weighted by atomic mass is 16.2. The Kier molecular flexibility index (Phi) is 5.89. The zero-order valence-corrected chi connectivity index (χ0v) is 15.9. The van der Waals surface area contributed by atoms with Crippen molar-refractivity contribution in [3.63, 3.8) is 0 Å². The smallest absolute Gasteiger partial charge is 0.262 e. The second kappa shape index (κ2) is 8.33. The van der Waals surface area contributed by atoms with Crippen LogP contribution in [-0.2, 0) is 0 Å². The number of benzene rings is 1. The van der Waals surface area contributed by atoms with E-state index in [4.69, 9.17) is 0 Å². The third-order valence-electron chi connectivity index (χ3n) is 5.16. The Hall–Kier alpha value is -2.69. The number of rotatable bonds is 8. The lowest BCUT2D eigenvalue weighted by Gasteiger charge is -2.18. The topological polar surface area (TPSA) is 68.2 Å². The lowest BCUT2D eigenvalue weighted by atomic mass is 10.0. The highest BCUT2D eigenvalue weighted by molar-refractivity contribution is 6.00. The van der Waals surface area contributed by atoms with Gasteiger partial charge in [-0.1, -0.05) is 50.1 Å². The second-order valence-corrected chi connectivity index (χ2v) is 7.21. The van der Waals surface area contributed by atoms with Gasteiger partial charge in [-0.3, -0.25) is 14.4 Å². The first kappa shape index (κ1) is 19.1. The van der Waals surface area contributed by atoms with Gasteiger partial charge in [0.1, 0.15) is 0 Å². The van der Waals surface area contributed by atoms with Crippen molar-refractivity contribution < 1.29 is 9.59 Å². The standard InChI is InChI=1S/C22H26N2O3/c1-3-20(25)19-13-18(21(26)23-12-11-16-9-10-16)14-24(22(19)27)15(2)17-7-5-4-6-8-17/h4-8,13-16H,3,9-12H2,1-2H3,(H,23,26)/t15-/m1/s1. The molecule has 0 bridgehead atoms. The van der Waals surface area contributed by atoms with E-state index in [0.29, 0.717) is 12.1 Å². The van der Waals surface area contributed by atoms with E-state index in [-0.39, 0.29) is 35.3 Å². The van der Waals surface area contributed by atoms with Crippen LogP contribution in [0.3, 0.4) is 0 Å². The summed E-state index contributed by atoms with van der Waals surface area (Å²) in [5, 5.41) is 2.91. The second-order valence-electron chi connectivity index (χ2n) is 7.21. The lowest BCUT2D eigenvalue weighted by Crippen LogP contribution is -2.32. The summed E-state index contributed by atoms with van der Waals surface area (Å²) in [6, 6.07) is 10.7. The Labute approximate surface area is 159 Å². The fraction of sp³-hybridized carbons (Fsp3) is 0.409. The van der Waals surface area contributed by atoms with Gasteiger partial charge >= 0.3 is 0 Å². The molecular formula is C22H26N2O3. The first-order valence-electron chi connectivity index (χ1n) is 9.63. The van der Waals surface area contributed by atoms with E-state index >= 15 is 0 Å². The molecule has 1 saturated carbocycles. The molecule has 1 aromatic carbocycles. The lowest BCUT2D eigenvalue weighted by molar-refractivity contribution is 0.0951. The van der Waals surface area contributed by atoms with Gasteiger partial charge in [0.25, 0.3) is 11.5 Å². The number of aromatic nitrogens is 1. The summed E-state index contributed by atoms with van der Waals surface area (Å²) < 4.78 is 1.49.